The molecule has 4 aromatic rings. The average molecular weight is 570 g/mol. The summed E-state index contributed by atoms with van der Waals surface area (Å²) in [5.74, 6) is 1.02. The number of hydrogen-bond donors (Lipinski definition) is 0. The van der Waals surface area contributed by atoms with Crippen LogP contribution in [0.2, 0.25) is 0 Å². The van der Waals surface area contributed by atoms with Gasteiger partial charge in [0.15, 0.2) is 6.61 Å². The van der Waals surface area contributed by atoms with E-state index in [0.717, 1.165) is 22.6 Å². The molecule has 8 heteroatoms. The Morgan fingerprint density at radius 2 is 1.45 bits per heavy atom. The Bertz CT molecular complexity index is 1390. The molecule has 0 aliphatic rings. The van der Waals surface area contributed by atoms with E-state index in [1.807, 2.05) is 85.1 Å². The van der Waals surface area contributed by atoms with Gasteiger partial charge in [0.1, 0.15) is 11.5 Å². The van der Waals surface area contributed by atoms with Crippen LogP contribution in [0.5, 0.6) is 11.5 Å². The Hall–Kier alpha value is -4.56. The molecule has 0 radical (unpaired) electrons. The second-order valence-corrected chi connectivity index (χ2v) is 9.98. The predicted octanol–water partition coefficient (Wildman–Crippen LogP) is 5.02. The van der Waals surface area contributed by atoms with Gasteiger partial charge in [0, 0.05) is 45.2 Å². The van der Waals surface area contributed by atoms with Gasteiger partial charge in [0.25, 0.3) is 5.91 Å². The molecule has 0 N–H and O–H groups in total. The number of rotatable bonds is 16. The predicted molar refractivity (Wildman–Crippen MR) is 162 cm³/mol. The number of ether oxygens (including phenoxy) is 3. The number of carbonyl (C=O) groups is 2. The molecule has 4 rings (SSSR count). The molecule has 0 fully saturated rings. The summed E-state index contributed by atoms with van der Waals surface area (Å²) in [4.78, 5) is 30.5. The highest BCUT2D eigenvalue weighted by molar-refractivity contribution is 5.85. The molecule has 3 aromatic carbocycles. The fourth-order valence-corrected chi connectivity index (χ4v) is 4.65. The van der Waals surface area contributed by atoms with E-state index in [-0.39, 0.29) is 25.0 Å². The number of para-hydroxylation sites is 1. The Morgan fingerprint density at radius 3 is 2.19 bits per heavy atom. The van der Waals surface area contributed by atoms with Crippen molar-refractivity contribution in [2.45, 2.75) is 26.1 Å². The molecule has 0 aliphatic carbocycles. The second-order valence-electron chi connectivity index (χ2n) is 9.98. The van der Waals surface area contributed by atoms with Crippen molar-refractivity contribution in [1.82, 2.24) is 14.4 Å². The lowest BCUT2D eigenvalue weighted by Crippen LogP contribution is -2.44. The molecular weight excluding hydrogens is 530 g/mol. The maximum atomic E-state index is 13.9. The van der Waals surface area contributed by atoms with Crippen molar-refractivity contribution >= 4 is 11.8 Å². The molecule has 0 saturated carbocycles. The third kappa shape index (κ3) is 9.24. The van der Waals surface area contributed by atoms with E-state index in [2.05, 4.69) is 10.6 Å². The highest BCUT2D eigenvalue weighted by Crippen LogP contribution is 2.17. The normalized spacial score (nSPS) is 10.7. The highest BCUT2D eigenvalue weighted by Gasteiger charge is 2.23. The quantitative estimate of drug-likeness (QED) is 0.177. The number of nitrogens with zero attached hydrogens (tertiary/aromatic N) is 3. The number of aromatic nitrogens is 1. The lowest BCUT2D eigenvalue weighted by molar-refractivity contribution is -0.142. The minimum Gasteiger partial charge on any atom is -0.497 e. The first-order valence-electron chi connectivity index (χ1n) is 14.1. The molecule has 220 valence electrons. The molecule has 8 nitrogen and oxygen atoms in total. The minimum atomic E-state index is -0.246. The van der Waals surface area contributed by atoms with Crippen LogP contribution in [0, 0.1) is 0 Å². The lowest BCUT2D eigenvalue weighted by Gasteiger charge is -2.28. The van der Waals surface area contributed by atoms with Gasteiger partial charge in [-0.05, 0) is 53.9 Å². The van der Waals surface area contributed by atoms with E-state index >= 15 is 0 Å². The Kier molecular flexibility index (Phi) is 11.6. The van der Waals surface area contributed by atoms with Crippen LogP contribution in [-0.2, 0) is 34.0 Å². The Morgan fingerprint density at radius 1 is 0.738 bits per heavy atom. The van der Waals surface area contributed by atoms with Gasteiger partial charge in [-0.3, -0.25) is 9.59 Å². The Balaban J connectivity index is 1.50. The van der Waals surface area contributed by atoms with Crippen LogP contribution in [0.3, 0.4) is 0 Å². The zero-order valence-electron chi connectivity index (χ0n) is 24.4. The van der Waals surface area contributed by atoms with Crippen molar-refractivity contribution in [3.63, 3.8) is 0 Å². The van der Waals surface area contributed by atoms with Crippen LogP contribution in [0.4, 0.5) is 0 Å². The first-order valence-corrected chi connectivity index (χ1v) is 14.1. The van der Waals surface area contributed by atoms with Gasteiger partial charge in [-0.15, -0.1) is 0 Å². The molecule has 0 unspecified atom stereocenters. The molecule has 0 spiro atoms. The highest BCUT2D eigenvalue weighted by atomic mass is 16.5. The summed E-state index contributed by atoms with van der Waals surface area (Å²) >= 11 is 0. The molecule has 0 aliphatic heterocycles. The number of amides is 2. The van der Waals surface area contributed by atoms with Crippen molar-refractivity contribution in [1.29, 1.82) is 0 Å². The van der Waals surface area contributed by atoms with Crippen molar-refractivity contribution in [3.8, 4) is 11.5 Å². The maximum Gasteiger partial charge on any atom is 0.260 e. The lowest BCUT2D eigenvalue weighted by atomic mass is 10.2. The molecule has 2 amide bonds. The number of carbonyl (C=O) groups excluding carboxylic acids is 2. The molecule has 1 heterocycles. The largest absolute Gasteiger partial charge is 0.497 e. The first kappa shape index (κ1) is 30.4. The average Bonchev–Trinajstić information content (AvgIpc) is 3.46. The SMILES string of the molecule is COCCCN(CC(=O)N(Cc1ccccc1)Cc1cccn1Cc1cccc(OC)c1)C(=O)COc1ccccc1. The van der Waals surface area contributed by atoms with Gasteiger partial charge < -0.3 is 28.6 Å². The van der Waals surface area contributed by atoms with Crippen LogP contribution in [0.25, 0.3) is 0 Å². The number of benzene rings is 3. The van der Waals surface area contributed by atoms with Gasteiger partial charge in [0.05, 0.1) is 20.2 Å². The molecular formula is C34H39N3O5. The molecule has 42 heavy (non-hydrogen) atoms. The van der Waals surface area contributed by atoms with E-state index in [0.29, 0.717) is 45.0 Å². The van der Waals surface area contributed by atoms with Crippen LogP contribution >= 0.6 is 0 Å². The summed E-state index contributed by atoms with van der Waals surface area (Å²) in [6.45, 7) is 2.14. The Labute approximate surface area is 248 Å². The molecule has 0 atom stereocenters. The molecule has 1 aromatic heterocycles. The van der Waals surface area contributed by atoms with E-state index < -0.39 is 0 Å². The topological polar surface area (TPSA) is 73.2 Å². The monoisotopic (exact) mass is 569 g/mol. The summed E-state index contributed by atoms with van der Waals surface area (Å²) in [7, 11) is 3.28. The van der Waals surface area contributed by atoms with E-state index in [1.54, 1.807) is 36.2 Å². The molecule has 0 saturated heterocycles. The van der Waals surface area contributed by atoms with Gasteiger partial charge in [-0.25, -0.2) is 0 Å². The zero-order chi connectivity index (χ0) is 29.6. The third-order valence-corrected chi connectivity index (χ3v) is 6.89. The first-order chi connectivity index (χ1) is 20.6. The number of hydrogen-bond acceptors (Lipinski definition) is 5. The summed E-state index contributed by atoms with van der Waals surface area (Å²) in [6.07, 6.45) is 2.63. The summed E-state index contributed by atoms with van der Waals surface area (Å²) in [6, 6.07) is 31.1. The van der Waals surface area contributed by atoms with Gasteiger partial charge >= 0.3 is 0 Å². The van der Waals surface area contributed by atoms with Gasteiger partial charge in [-0.2, -0.15) is 0 Å². The maximum absolute atomic E-state index is 13.9. The fourth-order valence-electron chi connectivity index (χ4n) is 4.65. The summed E-state index contributed by atoms with van der Waals surface area (Å²) in [5, 5.41) is 0. The smallest absolute Gasteiger partial charge is 0.260 e. The zero-order valence-corrected chi connectivity index (χ0v) is 24.4. The van der Waals surface area contributed by atoms with Crippen molar-refractivity contribution in [2.24, 2.45) is 0 Å². The van der Waals surface area contributed by atoms with E-state index in [1.165, 1.54) is 0 Å². The molecule has 0 bridgehead atoms. The van der Waals surface area contributed by atoms with Crippen molar-refractivity contribution in [2.75, 3.05) is 40.5 Å². The number of methoxy groups -OCH3 is 2. The van der Waals surface area contributed by atoms with E-state index in [9.17, 15) is 9.59 Å². The van der Waals surface area contributed by atoms with Gasteiger partial charge in [-0.1, -0.05) is 60.7 Å². The fraction of sp³-hybridized carbons (Fsp3) is 0.294. The van der Waals surface area contributed by atoms with E-state index in [4.69, 9.17) is 14.2 Å². The second kappa shape index (κ2) is 16.0. The van der Waals surface area contributed by atoms with Crippen LogP contribution in [0.1, 0.15) is 23.2 Å². The minimum absolute atomic E-state index is 0.0515. The van der Waals surface area contributed by atoms with Crippen LogP contribution in [0.15, 0.2) is 103 Å². The van der Waals surface area contributed by atoms with Crippen molar-refractivity contribution < 1.29 is 23.8 Å². The van der Waals surface area contributed by atoms with Gasteiger partial charge in [0.2, 0.25) is 5.91 Å². The summed E-state index contributed by atoms with van der Waals surface area (Å²) in [5.41, 5.74) is 3.11. The van der Waals surface area contributed by atoms with Crippen molar-refractivity contribution in [3.05, 3.63) is 120 Å². The standard InChI is InChI=1S/C34H39N3O5/c1-40-21-11-20-36(34(39)27-42-31-16-7-4-8-17-31)26-33(38)37(23-28-12-5-3-6-13-28)25-30-15-10-19-35(30)24-29-14-9-18-32(22-29)41-2/h3-10,12-19,22H,11,20-21,23-27H2,1-2H3. The third-order valence-electron chi connectivity index (χ3n) is 6.89. The van der Waals surface area contributed by atoms with Crippen LogP contribution < -0.4 is 9.47 Å². The summed E-state index contributed by atoms with van der Waals surface area (Å²) < 4.78 is 18.4. The van der Waals surface area contributed by atoms with Crippen LogP contribution in [-0.4, -0.2) is 66.7 Å².